The molecule has 6 nitrogen and oxygen atoms in total. The summed E-state index contributed by atoms with van der Waals surface area (Å²) in [5.74, 6) is 0.272. The lowest BCUT2D eigenvalue weighted by Gasteiger charge is -2.05. The molecule has 0 atom stereocenters. The second kappa shape index (κ2) is 5.48. The van der Waals surface area contributed by atoms with E-state index in [1.807, 2.05) is 0 Å². The third kappa shape index (κ3) is 3.42. The molecule has 0 aromatic heterocycles. The smallest absolute Gasteiger partial charge is 0.301 e. The van der Waals surface area contributed by atoms with Gasteiger partial charge in [0, 0.05) is 12.0 Å². The van der Waals surface area contributed by atoms with E-state index in [0.717, 1.165) is 18.0 Å². The zero-order valence-corrected chi connectivity index (χ0v) is 10.6. The summed E-state index contributed by atoms with van der Waals surface area (Å²) in [7, 11) is -3.64. The first-order valence-electron chi connectivity index (χ1n) is 4.59. The fourth-order valence-corrected chi connectivity index (χ4v) is 2.99. The molecule has 0 spiro atoms. The van der Waals surface area contributed by atoms with Crippen LogP contribution >= 0.6 is 11.8 Å². The van der Waals surface area contributed by atoms with Gasteiger partial charge < -0.3 is 5.11 Å². The van der Waals surface area contributed by atoms with E-state index in [-0.39, 0.29) is 22.2 Å². The van der Waals surface area contributed by atoms with E-state index in [1.165, 1.54) is 18.2 Å². The van der Waals surface area contributed by atoms with Gasteiger partial charge in [-0.25, -0.2) is 8.42 Å². The van der Waals surface area contributed by atoms with Crippen LogP contribution in [0, 0.1) is 10.1 Å². The van der Waals surface area contributed by atoms with Gasteiger partial charge in [0.1, 0.15) is 4.90 Å². The second-order valence-corrected chi connectivity index (χ2v) is 6.33. The number of hydrogen-bond donors (Lipinski definition) is 1. The standard InChI is InChI=1S/C9H11NO5S2/c1-17(14,15)8-4-2-3-7(16-6-5-11)9(8)10(12)13/h2-4,11H,5-6H2,1H3. The normalized spacial score (nSPS) is 11.4. The summed E-state index contributed by atoms with van der Waals surface area (Å²) in [5, 5.41) is 19.6. The highest BCUT2D eigenvalue weighted by atomic mass is 32.2. The van der Waals surface area contributed by atoms with E-state index >= 15 is 0 Å². The van der Waals surface area contributed by atoms with Crippen molar-refractivity contribution in [3.8, 4) is 0 Å². The Bertz CT molecular complexity index is 526. The molecule has 0 fully saturated rings. The Hall–Kier alpha value is -1.12. The summed E-state index contributed by atoms with van der Waals surface area (Å²) in [6.07, 6.45) is 0.926. The molecule has 1 N–H and O–H groups in total. The van der Waals surface area contributed by atoms with Crippen molar-refractivity contribution < 1.29 is 18.4 Å². The predicted molar refractivity (Wildman–Crippen MR) is 64.0 cm³/mol. The molecule has 8 heteroatoms. The minimum Gasteiger partial charge on any atom is -0.396 e. The summed E-state index contributed by atoms with van der Waals surface area (Å²) < 4.78 is 22.8. The van der Waals surface area contributed by atoms with E-state index < -0.39 is 20.4 Å². The van der Waals surface area contributed by atoms with Gasteiger partial charge in [-0.15, -0.1) is 11.8 Å². The van der Waals surface area contributed by atoms with Crippen LogP contribution in [0.1, 0.15) is 0 Å². The molecule has 1 aromatic carbocycles. The quantitative estimate of drug-likeness (QED) is 0.491. The Morgan fingerprint density at radius 1 is 1.47 bits per heavy atom. The molecule has 0 aliphatic rings. The first kappa shape index (κ1) is 13.9. The molecule has 0 bridgehead atoms. The molecule has 0 aliphatic carbocycles. The van der Waals surface area contributed by atoms with Crippen LogP contribution in [-0.2, 0) is 9.84 Å². The number of aliphatic hydroxyl groups is 1. The van der Waals surface area contributed by atoms with Crippen LogP contribution in [0.4, 0.5) is 5.69 Å². The highest BCUT2D eigenvalue weighted by molar-refractivity contribution is 7.99. The van der Waals surface area contributed by atoms with Gasteiger partial charge in [0.25, 0.3) is 0 Å². The summed E-state index contributed by atoms with van der Waals surface area (Å²) in [6.45, 7) is -0.134. The van der Waals surface area contributed by atoms with Gasteiger partial charge in [0.05, 0.1) is 16.4 Å². The molecule has 1 aromatic rings. The maximum absolute atomic E-state index is 11.4. The van der Waals surface area contributed by atoms with Gasteiger partial charge in [-0.05, 0) is 12.1 Å². The molecule has 0 saturated carbocycles. The third-order valence-corrected chi connectivity index (χ3v) is 4.05. The van der Waals surface area contributed by atoms with Gasteiger partial charge in [0.15, 0.2) is 9.84 Å². The highest BCUT2D eigenvalue weighted by Crippen LogP contribution is 2.34. The summed E-state index contributed by atoms with van der Waals surface area (Å²) in [4.78, 5) is 10.1. The van der Waals surface area contributed by atoms with Crippen molar-refractivity contribution in [2.75, 3.05) is 18.6 Å². The number of aliphatic hydroxyl groups excluding tert-OH is 1. The van der Waals surface area contributed by atoms with Gasteiger partial charge in [-0.2, -0.15) is 0 Å². The molecule has 0 radical (unpaired) electrons. The molecule has 0 heterocycles. The van der Waals surface area contributed by atoms with E-state index in [1.54, 1.807) is 0 Å². The van der Waals surface area contributed by atoms with Crippen molar-refractivity contribution in [3.63, 3.8) is 0 Å². The van der Waals surface area contributed by atoms with Crippen LogP contribution < -0.4 is 0 Å². The van der Waals surface area contributed by atoms with Crippen LogP contribution in [-0.4, -0.2) is 37.1 Å². The number of nitro benzene ring substituents is 1. The summed E-state index contributed by atoms with van der Waals surface area (Å²) in [5.41, 5.74) is -0.423. The zero-order valence-electron chi connectivity index (χ0n) is 8.99. The number of rotatable bonds is 5. The average molecular weight is 277 g/mol. The van der Waals surface area contributed by atoms with Crippen molar-refractivity contribution in [1.82, 2.24) is 0 Å². The van der Waals surface area contributed by atoms with E-state index in [2.05, 4.69) is 0 Å². The summed E-state index contributed by atoms with van der Waals surface area (Å²) >= 11 is 1.05. The van der Waals surface area contributed by atoms with Crippen LogP contribution in [0.25, 0.3) is 0 Å². The van der Waals surface area contributed by atoms with Gasteiger partial charge >= 0.3 is 5.69 Å². The first-order chi connectivity index (χ1) is 7.88. The largest absolute Gasteiger partial charge is 0.396 e. The molecule has 0 saturated heterocycles. The fourth-order valence-electron chi connectivity index (χ4n) is 1.25. The van der Waals surface area contributed by atoms with Crippen LogP contribution in [0.3, 0.4) is 0 Å². The Kier molecular flexibility index (Phi) is 4.49. The van der Waals surface area contributed by atoms with Crippen LogP contribution in [0.5, 0.6) is 0 Å². The highest BCUT2D eigenvalue weighted by Gasteiger charge is 2.25. The number of sulfone groups is 1. The van der Waals surface area contributed by atoms with E-state index in [9.17, 15) is 18.5 Å². The predicted octanol–water partition coefficient (Wildman–Crippen LogP) is 1.08. The number of hydrogen-bond acceptors (Lipinski definition) is 6. The van der Waals surface area contributed by atoms with Crippen molar-refractivity contribution >= 4 is 27.3 Å². The van der Waals surface area contributed by atoms with Crippen molar-refractivity contribution in [3.05, 3.63) is 28.3 Å². The molecule has 94 valence electrons. The number of thioether (sulfide) groups is 1. The SMILES string of the molecule is CS(=O)(=O)c1cccc(SCCO)c1[N+](=O)[O-]. The first-order valence-corrected chi connectivity index (χ1v) is 7.46. The van der Waals surface area contributed by atoms with Crippen LogP contribution in [0.2, 0.25) is 0 Å². The Morgan fingerprint density at radius 3 is 2.59 bits per heavy atom. The third-order valence-electron chi connectivity index (χ3n) is 1.89. The lowest BCUT2D eigenvalue weighted by atomic mass is 10.3. The van der Waals surface area contributed by atoms with Gasteiger partial charge in [0.2, 0.25) is 0 Å². The Morgan fingerprint density at radius 2 is 2.12 bits per heavy atom. The molecule has 1 rings (SSSR count). The van der Waals surface area contributed by atoms with E-state index in [4.69, 9.17) is 5.11 Å². The van der Waals surface area contributed by atoms with Crippen LogP contribution in [0.15, 0.2) is 28.0 Å². The zero-order chi connectivity index (χ0) is 13.1. The summed E-state index contributed by atoms with van der Waals surface area (Å²) in [6, 6.07) is 4.12. The molecule has 0 aliphatic heterocycles. The molecular formula is C9H11NO5S2. The molecule has 0 unspecified atom stereocenters. The Balaban J connectivity index is 3.38. The number of benzene rings is 1. The van der Waals surface area contributed by atoms with Crippen molar-refractivity contribution in [2.24, 2.45) is 0 Å². The number of para-hydroxylation sites is 1. The maximum Gasteiger partial charge on any atom is 0.301 e. The second-order valence-electron chi connectivity index (χ2n) is 3.20. The van der Waals surface area contributed by atoms with Gasteiger partial charge in [-0.1, -0.05) is 6.07 Å². The average Bonchev–Trinajstić information content (AvgIpc) is 2.24. The Labute approximate surface area is 103 Å². The maximum atomic E-state index is 11.4. The van der Waals surface area contributed by atoms with Gasteiger partial charge in [-0.3, -0.25) is 10.1 Å². The number of nitro groups is 1. The molecular weight excluding hydrogens is 266 g/mol. The minimum absolute atomic E-state index is 0.134. The lowest BCUT2D eigenvalue weighted by Crippen LogP contribution is -2.04. The molecule has 0 amide bonds. The molecule has 17 heavy (non-hydrogen) atoms. The number of nitrogens with zero attached hydrogens (tertiary/aromatic N) is 1. The fraction of sp³-hybridized carbons (Fsp3) is 0.333. The monoisotopic (exact) mass is 277 g/mol. The topological polar surface area (TPSA) is 97.5 Å². The lowest BCUT2D eigenvalue weighted by molar-refractivity contribution is -0.390. The minimum atomic E-state index is -3.64. The van der Waals surface area contributed by atoms with Crippen molar-refractivity contribution in [1.29, 1.82) is 0 Å². The van der Waals surface area contributed by atoms with Crippen molar-refractivity contribution in [2.45, 2.75) is 9.79 Å². The van der Waals surface area contributed by atoms with E-state index in [0.29, 0.717) is 0 Å².